The predicted molar refractivity (Wildman–Crippen MR) is 61.7 cm³/mol. The van der Waals surface area contributed by atoms with Gasteiger partial charge < -0.3 is 15.5 Å². The second-order valence-corrected chi connectivity index (χ2v) is 4.87. The van der Waals surface area contributed by atoms with Crippen molar-refractivity contribution >= 4 is 5.91 Å². The minimum atomic E-state index is 0.00890. The highest BCUT2D eigenvalue weighted by Crippen LogP contribution is 2.14. The Morgan fingerprint density at radius 3 is 2.73 bits per heavy atom. The van der Waals surface area contributed by atoms with E-state index in [1.54, 1.807) is 0 Å². The van der Waals surface area contributed by atoms with E-state index in [1.807, 2.05) is 21.0 Å². The molecule has 1 amide bonds. The Labute approximate surface area is 92.4 Å². The lowest BCUT2D eigenvalue weighted by Crippen LogP contribution is -2.48. The van der Waals surface area contributed by atoms with Gasteiger partial charge in [0.15, 0.2) is 0 Å². The van der Waals surface area contributed by atoms with E-state index < -0.39 is 0 Å². The molecule has 0 saturated carbocycles. The Hall–Kier alpha value is -0.610. The van der Waals surface area contributed by atoms with Crippen molar-refractivity contribution in [2.45, 2.75) is 32.4 Å². The monoisotopic (exact) mass is 213 g/mol. The molecule has 0 radical (unpaired) electrons. The van der Waals surface area contributed by atoms with Crippen LogP contribution in [0.15, 0.2) is 0 Å². The Balaban J connectivity index is 2.34. The van der Waals surface area contributed by atoms with E-state index in [0.717, 1.165) is 19.5 Å². The Morgan fingerprint density at radius 1 is 1.60 bits per heavy atom. The van der Waals surface area contributed by atoms with E-state index in [0.29, 0.717) is 5.92 Å². The number of nitrogens with one attached hydrogen (secondary N) is 2. The van der Waals surface area contributed by atoms with Crippen molar-refractivity contribution in [1.29, 1.82) is 0 Å². The molecule has 0 aromatic carbocycles. The molecule has 3 atom stereocenters. The number of likely N-dealkylation sites (N-methyl/N-ethyl adjacent to an activating group) is 1. The third kappa shape index (κ3) is 3.80. The topological polar surface area (TPSA) is 44.4 Å². The SMILES string of the molecule is CC(CN(C)C)NC(=O)C1NCCC1C. The van der Waals surface area contributed by atoms with E-state index >= 15 is 0 Å². The maximum atomic E-state index is 11.9. The number of amides is 1. The van der Waals surface area contributed by atoms with Gasteiger partial charge in [-0.1, -0.05) is 6.92 Å². The number of nitrogens with zero attached hydrogens (tertiary/aromatic N) is 1. The molecule has 0 aromatic rings. The molecular formula is C11H23N3O. The summed E-state index contributed by atoms with van der Waals surface area (Å²) in [5.41, 5.74) is 0. The largest absolute Gasteiger partial charge is 0.351 e. The van der Waals surface area contributed by atoms with E-state index in [2.05, 4.69) is 22.5 Å². The standard InChI is InChI=1S/C11H23N3O/c1-8-5-6-12-10(8)11(15)13-9(2)7-14(3)4/h8-10,12H,5-7H2,1-4H3,(H,13,15). The van der Waals surface area contributed by atoms with Crippen LogP contribution in [0.5, 0.6) is 0 Å². The fourth-order valence-electron chi connectivity index (χ4n) is 2.11. The van der Waals surface area contributed by atoms with Gasteiger partial charge in [0.1, 0.15) is 0 Å². The van der Waals surface area contributed by atoms with Crippen molar-refractivity contribution in [3.8, 4) is 0 Å². The van der Waals surface area contributed by atoms with Gasteiger partial charge in [-0.25, -0.2) is 0 Å². The summed E-state index contributed by atoms with van der Waals surface area (Å²) in [5.74, 6) is 0.603. The number of carbonyl (C=O) groups excluding carboxylic acids is 1. The molecule has 1 aliphatic heterocycles. The molecule has 0 spiro atoms. The fraction of sp³-hybridized carbons (Fsp3) is 0.909. The average molecular weight is 213 g/mol. The van der Waals surface area contributed by atoms with Crippen molar-refractivity contribution in [3.63, 3.8) is 0 Å². The smallest absolute Gasteiger partial charge is 0.237 e. The first-order chi connectivity index (χ1) is 7.00. The molecule has 3 unspecified atom stereocenters. The molecule has 1 saturated heterocycles. The quantitative estimate of drug-likeness (QED) is 0.693. The van der Waals surface area contributed by atoms with E-state index in [9.17, 15) is 4.79 Å². The lowest BCUT2D eigenvalue weighted by molar-refractivity contribution is -0.124. The van der Waals surface area contributed by atoms with E-state index in [4.69, 9.17) is 0 Å². The van der Waals surface area contributed by atoms with Crippen LogP contribution in [0.25, 0.3) is 0 Å². The molecule has 4 heteroatoms. The van der Waals surface area contributed by atoms with Gasteiger partial charge in [0.25, 0.3) is 0 Å². The molecule has 1 fully saturated rings. The summed E-state index contributed by atoms with van der Waals surface area (Å²) < 4.78 is 0. The first-order valence-electron chi connectivity index (χ1n) is 5.69. The van der Waals surface area contributed by atoms with Crippen LogP contribution in [0.3, 0.4) is 0 Å². The fourth-order valence-corrected chi connectivity index (χ4v) is 2.11. The molecule has 1 rings (SSSR count). The molecule has 4 nitrogen and oxygen atoms in total. The second kappa shape index (κ2) is 5.47. The van der Waals surface area contributed by atoms with Crippen molar-refractivity contribution in [3.05, 3.63) is 0 Å². The minimum absolute atomic E-state index is 0.00890. The molecule has 1 aliphatic rings. The third-order valence-corrected chi connectivity index (χ3v) is 2.84. The maximum absolute atomic E-state index is 11.9. The minimum Gasteiger partial charge on any atom is -0.351 e. The van der Waals surface area contributed by atoms with Crippen LogP contribution < -0.4 is 10.6 Å². The summed E-state index contributed by atoms with van der Waals surface area (Å²) in [6.07, 6.45) is 1.10. The maximum Gasteiger partial charge on any atom is 0.237 e. The number of hydrogen-bond acceptors (Lipinski definition) is 3. The molecule has 2 N–H and O–H groups in total. The van der Waals surface area contributed by atoms with Gasteiger partial charge in [-0.2, -0.15) is 0 Å². The van der Waals surface area contributed by atoms with Crippen molar-refractivity contribution in [2.75, 3.05) is 27.2 Å². The first kappa shape index (κ1) is 12.5. The predicted octanol–water partition coefficient (Wildman–Crippen LogP) is 0.0507. The average Bonchev–Trinajstić information content (AvgIpc) is 2.49. The number of carbonyl (C=O) groups is 1. The lowest BCUT2D eigenvalue weighted by Gasteiger charge is -2.22. The normalized spacial score (nSPS) is 28.1. The van der Waals surface area contributed by atoms with Crippen LogP contribution in [-0.2, 0) is 4.79 Å². The molecule has 88 valence electrons. The molecule has 0 aliphatic carbocycles. The Bertz CT molecular complexity index is 218. The third-order valence-electron chi connectivity index (χ3n) is 2.84. The van der Waals surface area contributed by atoms with Gasteiger partial charge in [0.05, 0.1) is 6.04 Å². The second-order valence-electron chi connectivity index (χ2n) is 4.87. The zero-order chi connectivity index (χ0) is 11.4. The first-order valence-corrected chi connectivity index (χ1v) is 5.69. The summed E-state index contributed by atoms with van der Waals surface area (Å²) in [4.78, 5) is 13.9. The Kier molecular flexibility index (Phi) is 4.54. The summed E-state index contributed by atoms with van der Waals surface area (Å²) in [6, 6.07) is 0.219. The summed E-state index contributed by atoms with van der Waals surface area (Å²) in [6.45, 7) is 6.01. The lowest BCUT2D eigenvalue weighted by atomic mass is 10.0. The number of hydrogen-bond donors (Lipinski definition) is 2. The zero-order valence-corrected chi connectivity index (χ0v) is 10.2. The van der Waals surface area contributed by atoms with Gasteiger partial charge >= 0.3 is 0 Å². The van der Waals surface area contributed by atoms with E-state index in [1.165, 1.54) is 0 Å². The van der Waals surface area contributed by atoms with Gasteiger partial charge in [-0.05, 0) is 39.9 Å². The molecular weight excluding hydrogens is 190 g/mol. The van der Waals surface area contributed by atoms with Crippen LogP contribution in [0.1, 0.15) is 20.3 Å². The van der Waals surface area contributed by atoms with Crippen molar-refractivity contribution in [1.82, 2.24) is 15.5 Å². The van der Waals surface area contributed by atoms with Crippen LogP contribution >= 0.6 is 0 Å². The van der Waals surface area contributed by atoms with E-state index in [-0.39, 0.29) is 18.0 Å². The molecule has 15 heavy (non-hydrogen) atoms. The number of rotatable bonds is 4. The highest BCUT2D eigenvalue weighted by atomic mass is 16.2. The van der Waals surface area contributed by atoms with Crippen molar-refractivity contribution < 1.29 is 4.79 Å². The summed E-state index contributed by atoms with van der Waals surface area (Å²) >= 11 is 0. The summed E-state index contributed by atoms with van der Waals surface area (Å²) in [5, 5.41) is 6.28. The molecule has 1 heterocycles. The molecule has 0 bridgehead atoms. The molecule has 0 aromatic heterocycles. The van der Waals surface area contributed by atoms with Crippen LogP contribution in [0.4, 0.5) is 0 Å². The van der Waals surface area contributed by atoms with Crippen molar-refractivity contribution in [2.24, 2.45) is 5.92 Å². The van der Waals surface area contributed by atoms with Crippen LogP contribution in [-0.4, -0.2) is 50.1 Å². The van der Waals surface area contributed by atoms with Gasteiger partial charge in [-0.3, -0.25) is 4.79 Å². The van der Waals surface area contributed by atoms with Gasteiger partial charge in [-0.15, -0.1) is 0 Å². The zero-order valence-electron chi connectivity index (χ0n) is 10.2. The summed E-state index contributed by atoms with van der Waals surface area (Å²) in [7, 11) is 4.03. The highest BCUT2D eigenvalue weighted by molar-refractivity contribution is 5.82. The van der Waals surface area contributed by atoms with Gasteiger partial charge in [0.2, 0.25) is 5.91 Å². The van der Waals surface area contributed by atoms with Crippen LogP contribution in [0.2, 0.25) is 0 Å². The highest BCUT2D eigenvalue weighted by Gasteiger charge is 2.29. The van der Waals surface area contributed by atoms with Crippen LogP contribution in [0, 0.1) is 5.92 Å². The van der Waals surface area contributed by atoms with Gasteiger partial charge in [0, 0.05) is 12.6 Å². The Morgan fingerprint density at radius 2 is 2.27 bits per heavy atom.